The number of hydrogen-bond donors (Lipinski definition) is 4. The molecule has 2 unspecified atom stereocenters. The van der Waals surface area contributed by atoms with Crippen molar-refractivity contribution in [2.75, 3.05) is 13.1 Å². The Kier molecular flexibility index (Phi) is 4.41. The fourth-order valence-corrected chi connectivity index (χ4v) is 2.18. The minimum atomic E-state index is -1.13. The molecule has 9 nitrogen and oxygen atoms in total. The summed E-state index contributed by atoms with van der Waals surface area (Å²) in [5.74, 6) is -1.00. The average Bonchev–Trinajstić information content (AvgIpc) is 2.94. The molecule has 1 saturated heterocycles. The summed E-state index contributed by atoms with van der Waals surface area (Å²) in [5, 5.41) is 14.1. The number of carboxylic acids is 1. The first-order valence-electron chi connectivity index (χ1n) is 6.55. The normalized spacial score (nSPS) is 19.8. The Morgan fingerprint density at radius 2 is 2.38 bits per heavy atom. The van der Waals surface area contributed by atoms with Gasteiger partial charge in [-0.25, -0.2) is 9.78 Å². The molecule has 9 heteroatoms. The molecule has 1 aliphatic rings. The Bertz CT molecular complexity index is 530. The Labute approximate surface area is 120 Å². The fourth-order valence-electron chi connectivity index (χ4n) is 2.18. The van der Waals surface area contributed by atoms with Gasteiger partial charge in [-0.3, -0.25) is 9.59 Å². The number of piperazine rings is 1. The SMILES string of the molecule is CC(NC(=O)N1CCNC(=O)C1CC(=O)O)c1ncc[nH]1. The number of aliphatic carboxylic acids is 1. The maximum atomic E-state index is 12.2. The molecule has 1 fully saturated rings. The molecule has 0 aliphatic carbocycles. The number of aromatic amines is 1. The largest absolute Gasteiger partial charge is 0.481 e. The van der Waals surface area contributed by atoms with E-state index in [0.717, 1.165) is 0 Å². The van der Waals surface area contributed by atoms with Gasteiger partial charge in [0.15, 0.2) is 0 Å². The number of urea groups is 1. The van der Waals surface area contributed by atoms with E-state index in [-0.39, 0.29) is 12.6 Å². The second-order valence-electron chi connectivity index (χ2n) is 4.74. The van der Waals surface area contributed by atoms with Gasteiger partial charge in [0.05, 0.1) is 12.5 Å². The number of amides is 3. The highest BCUT2D eigenvalue weighted by Crippen LogP contribution is 2.12. The first-order valence-corrected chi connectivity index (χ1v) is 6.55. The van der Waals surface area contributed by atoms with Crippen LogP contribution in [0.5, 0.6) is 0 Å². The van der Waals surface area contributed by atoms with Crippen molar-refractivity contribution in [2.24, 2.45) is 0 Å². The molecule has 114 valence electrons. The van der Waals surface area contributed by atoms with Crippen LogP contribution in [-0.2, 0) is 9.59 Å². The third-order valence-electron chi connectivity index (χ3n) is 3.23. The molecular formula is C12H17N5O4. The third kappa shape index (κ3) is 3.50. The van der Waals surface area contributed by atoms with Crippen LogP contribution in [0.25, 0.3) is 0 Å². The highest BCUT2D eigenvalue weighted by Gasteiger charge is 2.35. The predicted molar refractivity (Wildman–Crippen MR) is 71.3 cm³/mol. The molecule has 0 saturated carbocycles. The van der Waals surface area contributed by atoms with Crippen molar-refractivity contribution in [1.29, 1.82) is 0 Å². The molecule has 1 aromatic rings. The van der Waals surface area contributed by atoms with Gasteiger partial charge in [-0.05, 0) is 6.92 Å². The maximum absolute atomic E-state index is 12.2. The number of rotatable bonds is 4. The van der Waals surface area contributed by atoms with Crippen LogP contribution in [0, 0.1) is 0 Å². The molecule has 2 atom stereocenters. The van der Waals surface area contributed by atoms with E-state index >= 15 is 0 Å². The quantitative estimate of drug-likeness (QED) is 0.593. The van der Waals surface area contributed by atoms with Crippen molar-refractivity contribution in [1.82, 2.24) is 25.5 Å². The molecular weight excluding hydrogens is 278 g/mol. The van der Waals surface area contributed by atoms with Crippen LogP contribution in [-0.4, -0.2) is 57.0 Å². The van der Waals surface area contributed by atoms with Crippen molar-refractivity contribution >= 4 is 17.9 Å². The molecule has 2 rings (SSSR count). The van der Waals surface area contributed by atoms with Crippen LogP contribution >= 0.6 is 0 Å². The van der Waals surface area contributed by atoms with E-state index in [2.05, 4.69) is 20.6 Å². The molecule has 1 aliphatic heterocycles. The van der Waals surface area contributed by atoms with Crippen LogP contribution in [0.2, 0.25) is 0 Å². The van der Waals surface area contributed by atoms with Crippen molar-refractivity contribution < 1.29 is 19.5 Å². The van der Waals surface area contributed by atoms with E-state index in [1.807, 2.05) is 0 Å². The van der Waals surface area contributed by atoms with Crippen molar-refractivity contribution in [2.45, 2.75) is 25.4 Å². The molecule has 0 aromatic carbocycles. The molecule has 21 heavy (non-hydrogen) atoms. The van der Waals surface area contributed by atoms with E-state index in [0.29, 0.717) is 12.4 Å². The summed E-state index contributed by atoms with van der Waals surface area (Å²) >= 11 is 0. The smallest absolute Gasteiger partial charge is 0.318 e. The van der Waals surface area contributed by atoms with Crippen molar-refractivity contribution in [3.05, 3.63) is 18.2 Å². The third-order valence-corrected chi connectivity index (χ3v) is 3.23. The highest BCUT2D eigenvalue weighted by molar-refractivity contribution is 5.91. The number of imidazole rings is 1. The van der Waals surface area contributed by atoms with Gasteiger partial charge in [-0.15, -0.1) is 0 Å². The number of carbonyl (C=O) groups excluding carboxylic acids is 2. The molecule has 3 amide bonds. The first kappa shape index (κ1) is 14.8. The standard InChI is InChI=1S/C12H17N5O4/c1-7(10-13-2-3-14-10)16-12(21)17-5-4-15-11(20)8(17)6-9(18)19/h2-3,7-8H,4-6H2,1H3,(H,13,14)(H,15,20)(H,16,21)(H,18,19). The van der Waals surface area contributed by atoms with Crippen molar-refractivity contribution in [3.8, 4) is 0 Å². The molecule has 0 spiro atoms. The van der Waals surface area contributed by atoms with Gasteiger partial charge in [0, 0.05) is 25.5 Å². The summed E-state index contributed by atoms with van der Waals surface area (Å²) in [4.78, 5) is 43.0. The number of nitrogens with zero attached hydrogens (tertiary/aromatic N) is 2. The van der Waals surface area contributed by atoms with Crippen LogP contribution in [0.3, 0.4) is 0 Å². The van der Waals surface area contributed by atoms with Crippen molar-refractivity contribution in [3.63, 3.8) is 0 Å². The molecule has 0 radical (unpaired) electrons. The van der Waals surface area contributed by atoms with Gasteiger partial charge in [0.25, 0.3) is 0 Å². The summed E-state index contributed by atoms with van der Waals surface area (Å²) in [6.07, 6.45) is 2.79. The van der Waals surface area contributed by atoms with E-state index in [1.165, 1.54) is 4.90 Å². The summed E-state index contributed by atoms with van der Waals surface area (Å²) in [6, 6.07) is -1.86. The summed E-state index contributed by atoms with van der Waals surface area (Å²) in [7, 11) is 0. The van der Waals surface area contributed by atoms with Crippen LogP contribution in [0.1, 0.15) is 25.2 Å². The lowest BCUT2D eigenvalue weighted by Crippen LogP contribution is -2.60. The average molecular weight is 295 g/mol. The number of nitrogens with one attached hydrogen (secondary N) is 3. The number of carbonyl (C=O) groups is 3. The zero-order valence-electron chi connectivity index (χ0n) is 11.5. The minimum Gasteiger partial charge on any atom is -0.481 e. The first-order chi connectivity index (χ1) is 9.99. The monoisotopic (exact) mass is 295 g/mol. The Hall–Kier alpha value is -2.58. The molecule has 1 aromatic heterocycles. The minimum absolute atomic E-state index is 0.264. The van der Waals surface area contributed by atoms with Gasteiger partial charge in [0.1, 0.15) is 11.9 Å². The van der Waals surface area contributed by atoms with E-state index < -0.39 is 30.4 Å². The van der Waals surface area contributed by atoms with Crippen LogP contribution < -0.4 is 10.6 Å². The lowest BCUT2D eigenvalue weighted by Gasteiger charge is -2.34. The number of aromatic nitrogens is 2. The van der Waals surface area contributed by atoms with E-state index in [4.69, 9.17) is 5.11 Å². The second-order valence-corrected chi connectivity index (χ2v) is 4.74. The summed E-state index contributed by atoms with van der Waals surface area (Å²) in [6.45, 7) is 2.31. The molecule has 0 bridgehead atoms. The summed E-state index contributed by atoms with van der Waals surface area (Å²) < 4.78 is 0. The van der Waals surface area contributed by atoms with Gasteiger partial charge < -0.3 is 25.6 Å². The summed E-state index contributed by atoms with van der Waals surface area (Å²) in [5.41, 5.74) is 0. The Morgan fingerprint density at radius 1 is 1.62 bits per heavy atom. The zero-order chi connectivity index (χ0) is 15.4. The zero-order valence-corrected chi connectivity index (χ0v) is 11.5. The predicted octanol–water partition coefficient (Wildman–Crippen LogP) is -0.545. The van der Waals surface area contributed by atoms with E-state index in [9.17, 15) is 14.4 Å². The van der Waals surface area contributed by atoms with Gasteiger partial charge in [-0.1, -0.05) is 0 Å². The van der Waals surface area contributed by atoms with Crippen LogP contribution in [0.4, 0.5) is 4.79 Å². The second kappa shape index (κ2) is 6.25. The van der Waals surface area contributed by atoms with Gasteiger partial charge >= 0.3 is 12.0 Å². The number of H-pyrrole nitrogens is 1. The number of carboxylic acid groups (broad SMARTS) is 1. The van der Waals surface area contributed by atoms with Gasteiger partial charge in [-0.2, -0.15) is 0 Å². The van der Waals surface area contributed by atoms with E-state index in [1.54, 1.807) is 19.3 Å². The fraction of sp³-hybridized carbons (Fsp3) is 0.500. The lowest BCUT2D eigenvalue weighted by molar-refractivity contribution is -0.142. The van der Waals surface area contributed by atoms with Crippen LogP contribution in [0.15, 0.2) is 12.4 Å². The molecule has 2 heterocycles. The Morgan fingerprint density at radius 3 is 3.00 bits per heavy atom. The maximum Gasteiger partial charge on any atom is 0.318 e. The topological polar surface area (TPSA) is 127 Å². The Balaban J connectivity index is 2.04. The van der Waals surface area contributed by atoms with Gasteiger partial charge in [0.2, 0.25) is 5.91 Å². The lowest BCUT2D eigenvalue weighted by atomic mass is 10.1. The number of hydrogen-bond acceptors (Lipinski definition) is 4. The molecule has 4 N–H and O–H groups in total. The highest BCUT2D eigenvalue weighted by atomic mass is 16.4.